The number of hydrogen-bond donors (Lipinski definition) is 1. The first-order chi connectivity index (χ1) is 10.2. The minimum atomic E-state index is -0.475. The fourth-order valence-electron chi connectivity index (χ4n) is 4.64. The van der Waals surface area contributed by atoms with Gasteiger partial charge in [0.2, 0.25) is 0 Å². The van der Waals surface area contributed by atoms with E-state index < -0.39 is 11.6 Å². The summed E-state index contributed by atoms with van der Waals surface area (Å²) in [5.74, 6) is 1.27. The maximum absolute atomic E-state index is 13.5. The van der Waals surface area contributed by atoms with E-state index in [0.717, 1.165) is 23.5 Å². The molecule has 0 spiro atoms. The number of rotatable bonds is 3. The van der Waals surface area contributed by atoms with Crippen LogP contribution in [0.2, 0.25) is 0 Å². The summed E-state index contributed by atoms with van der Waals surface area (Å²) >= 11 is 0. The van der Waals surface area contributed by atoms with Gasteiger partial charge in [-0.25, -0.2) is 8.78 Å². The van der Waals surface area contributed by atoms with Crippen LogP contribution in [0.25, 0.3) is 0 Å². The number of benzene rings is 1. The smallest absolute Gasteiger partial charge is 0.126 e. The second kappa shape index (κ2) is 6.43. The molecule has 3 heteroatoms. The molecule has 4 atom stereocenters. The van der Waals surface area contributed by atoms with E-state index in [2.05, 4.69) is 5.32 Å². The van der Waals surface area contributed by atoms with E-state index >= 15 is 0 Å². The summed E-state index contributed by atoms with van der Waals surface area (Å²) < 4.78 is 27.0. The van der Waals surface area contributed by atoms with Crippen molar-refractivity contribution in [3.05, 3.63) is 35.4 Å². The SMILES string of the molecule is CNC(c1cc(F)cc(F)c1)C1CCC2CCCCC2C1. The first-order valence-corrected chi connectivity index (χ1v) is 8.30. The van der Waals surface area contributed by atoms with Crippen molar-refractivity contribution in [1.82, 2.24) is 5.32 Å². The fourth-order valence-corrected chi connectivity index (χ4v) is 4.64. The van der Waals surface area contributed by atoms with Gasteiger partial charge in [-0.1, -0.05) is 25.7 Å². The van der Waals surface area contributed by atoms with Gasteiger partial charge in [0.1, 0.15) is 11.6 Å². The van der Waals surface area contributed by atoms with Gasteiger partial charge in [0, 0.05) is 12.1 Å². The van der Waals surface area contributed by atoms with E-state index in [1.54, 1.807) is 0 Å². The van der Waals surface area contributed by atoms with Gasteiger partial charge in [0.05, 0.1) is 0 Å². The van der Waals surface area contributed by atoms with Crippen LogP contribution in [0.1, 0.15) is 56.6 Å². The second-order valence-electron chi connectivity index (χ2n) is 6.85. The molecule has 2 fully saturated rings. The van der Waals surface area contributed by atoms with E-state index in [4.69, 9.17) is 0 Å². The van der Waals surface area contributed by atoms with Crippen molar-refractivity contribution in [2.75, 3.05) is 7.05 Å². The standard InChI is InChI=1S/C18H25F2N/c1-21-18(15-9-16(19)11-17(20)10-15)14-7-6-12-4-2-3-5-13(12)8-14/h9-14,18,21H,2-8H2,1H3. The van der Waals surface area contributed by atoms with Gasteiger partial charge in [0.25, 0.3) is 0 Å². The van der Waals surface area contributed by atoms with Crippen LogP contribution in [0.4, 0.5) is 8.78 Å². The topological polar surface area (TPSA) is 12.0 Å². The molecule has 1 aromatic carbocycles. The molecular weight excluding hydrogens is 268 g/mol. The van der Waals surface area contributed by atoms with Crippen LogP contribution in [0.5, 0.6) is 0 Å². The lowest BCUT2D eigenvalue weighted by molar-refractivity contribution is 0.111. The maximum atomic E-state index is 13.5. The molecule has 21 heavy (non-hydrogen) atoms. The van der Waals surface area contributed by atoms with E-state index in [0.29, 0.717) is 5.92 Å². The number of halogens is 2. The highest BCUT2D eigenvalue weighted by atomic mass is 19.1. The molecule has 0 radical (unpaired) electrons. The van der Waals surface area contributed by atoms with Crippen LogP contribution in [0.3, 0.4) is 0 Å². The first kappa shape index (κ1) is 15.0. The summed E-state index contributed by atoms with van der Waals surface area (Å²) in [5.41, 5.74) is 0.759. The molecule has 2 saturated carbocycles. The van der Waals surface area contributed by atoms with Crippen molar-refractivity contribution in [1.29, 1.82) is 0 Å². The molecule has 4 unspecified atom stereocenters. The number of fused-ring (bicyclic) bond motifs is 1. The summed E-state index contributed by atoms with van der Waals surface area (Å²) in [5, 5.41) is 3.30. The second-order valence-corrected chi connectivity index (χ2v) is 6.85. The van der Waals surface area contributed by atoms with Crippen LogP contribution in [0.15, 0.2) is 18.2 Å². The molecule has 116 valence electrons. The highest BCUT2D eigenvalue weighted by molar-refractivity contribution is 5.22. The third-order valence-electron chi connectivity index (χ3n) is 5.61. The Bertz CT molecular complexity index is 468. The minimum absolute atomic E-state index is 0.0677. The lowest BCUT2D eigenvalue weighted by Gasteiger charge is -2.42. The number of nitrogens with one attached hydrogen (secondary N) is 1. The summed E-state index contributed by atoms with van der Waals surface area (Å²) in [7, 11) is 1.90. The molecule has 0 aromatic heterocycles. The molecule has 1 aromatic rings. The quantitative estimate of drug-likeness (QED) is 0.841. The van der Waals surface area contributed by atoms with Gasteiger partial charge in [-0.3, -0.25) is 0 Å². The predicted molar refractivity (Wildman–Crippen MR) is 80.9 cm³/mol. The molecule has 2 aliphatic carbocycles. The molecule has 1 nitrogen and oxygen atoms in total. The lowest BCUT2D eigenvalue weighted by Crippen LogP contribution is -2.34. The van der Waals surface area contributed by atoms with Crippen LogP contribution in [-0.4, -0.2) is 7.05 Å². The minimum Gasteiger partial charge on any atom is -0.313 e. The van der Waals surface area contributed by atoms with E-state index in [1.807, 2.05) is 7.05 Å². The van der Waals surface area contributed by atoms with Crippen LogP contribution in [-0.2, 0) is 0 Å². The Morgan fingerprint density at radius 3 is 2.29 bits per heavy atom. The van der Waals surface area contributed by atoms with E-state index in [-0.39, 0.29) is 6.04 Å². The fraction of sp³-hybridized carbons (Fsp3) is 0.667. The summed E-state index contributed by atoms with van der Waals surface area (Å²) in [6.07, 6.45) is 9.12. The third kappa shape index (κ3) is 3.28. The largest absolute Gasteiger partial charge is 0.313 e. The van der Waals surface area contributed by atoms with E-state index in [9.17, 15) is 8.78 Å². The van der Waals surface area contributed by atoms with Crippen LogP contribution in [0, 0.1) is 29.4 Å². The molecule has 1 N–H and O–H groups in total. The average molecular weight is 293 g/mol. The number of hydrogen-bond acceptors (Lipinski definition) is 1. The predicted octanol–water partition coefficient (Wildman–Crippen LogP) is 4.83. The Labute approximate surface area is 126 Å². The van der Waals surface area contributed by atoms with Crippen molar-refractivity contribution in [2.24, 2.45) is 17.8 Å². The maximum Gasteiger partial charge on any atom is 0.126 e. The van der Waals surface area contributed by atoms with Crippen molar-refractivity contribution in [2.45, 2.75) is 51.0 Å². The molecule has 3 rings (SSSR count). The summed E-state index contributed by atoms with van der Waals surface area (Å²) in [4.78, 5) is 0. The van der Waals surface area contributed by atoms with E-state index in [1.165, 1.54) is 57.1 Å². The zero-order valence-electron chi connectivity index (χ0n) is 12.7. The van der Waals surface area contributed by atoms with Gasteiger partial charge in [-0.15, -0.1) is 0 Å². The normalized spacial score (nSPS) is 30.7. The monoisotopic (exact) mass is 293 g/mol. The van der Waals surface area contributed by atoms with Gasteiger partial charge >= 0.3 is 0 Å². The lowest BCUT2D eigenvalue weighted by atomic mass is 9.65. The highest BCUT2D eigenvalue weighted by Crippen LogP contribution is 2.46. The van der Waals surface area contributed by atoms with Crippen molar-refractivity contribution in [3.63, 3.8) is 0 Å². The molecule has 0 amide bonds. The Morgan fingerprint density at radius 1 is 0.952 bits per heavy atom. The van der Waals surface area contributed by atoms with Crippen LogP contribution < -0.4 is 5.32 Å². The molecule has 0 aliphatic heterocycles. The van der Waals surface area contributed by atoms with Gasteiger partial charge in [-0.05, 0) is 61.8 Å². The summed E-state index contributed by atoms with van der Waals surface area (Å²) in [6.45, 7) is 0. The molecule has 0 bridgehead atoms. The Morgan fingerprint density at radius 2 is 1.62 bits per heavy atom. The Hall–Kier alpha value is -0.960. The Kier molecular flexibility index (Phi) is 4.58. The Balaban J connectivity index is 1.76. The molecule has 0 saturated heterocycles. The van der Waals surface area contributed by atoms with Gasteiger partial charge in [-0.2, -0.15) is 0 Å². The molecular formula is C18H25F2N. The molecule has 2 aliphatic rings. The third-order valence-corrected chi connectivity index (χ3v) is 5.61. The molecule has 0 heterocycles. The van der Waals surface area contributed by atoms with Crippen molar-refractivity contribution >= 4 is 0 Å². The van der Waals surface area contributed by atoms with Crippen molar-refractivity contribution in [3.8, 4) is 0 Å². The zero-order valence-corrected chi connectivity index (χ0v) is 12.7. The highest BCUT2D eigenvalue weighted by Gasteiger charge is 2.35. The van der Waals surface area contributed by atoms with Gasteiger partial charge in [0.15, 0.2) is 0 Å². The first-order valence-electron chi connectivity index (χ1n) is 8.30. The zero-order chi connectivity index (χ0) is 14.8. The average Bonchev–Trinajstić information content (AvgIpc) is 2.47. The van der Waals surface area contributed by atoms with Crippen LogP contribution >= 0.6 is 0 Å². The van der Waals surface area contributed by atoms with Gasteiger partial charge < -0.3 is 5.32 Å². The van der Waals surface area contributed by atoms with Crippen molar-refractivity contribution < 1.29 is 8.78 Å². The summed E-state index contributed by atoms with van der Waals surface area (Å²) in [6, 6.07) is 3.99.